The SMILES string of the molecule is CCC(N)C(=O)Oc1ccc2c(c1)CCC1C2CC[C@@]2(C)C1CC[C@@H]2OC(=O)C(CC)NC=O. The quantitative estimate of drug-likeness (QED) is 0.341. The fraction of sp³-hybridized carbons (Fsp3) is 0.667. The van der Waals surface area contributed by atoms with Crippen LogP contribution in [0.25, 0.3) is 0 Å². The number of aryl methyl sites for hydroxylation is 1. The average Bonchev–Trinajstić information content (AvgIpc) is 3.17. The molecular weight excluding hydrogens is 432 g/mol. The Kier molecular flexibility index (Phi) is 7.31. The van der Waals surface area contributed by atoms with E-state index in [4.69, 9.17) is 15.2 Å². The van der Waals surface area contributed by atoms with Gasteiger partial charge >= 0.3 is 11.9 Å². The van der Waals surface area contributed by atoms with Gasteiger partial charge in [-0.15, -0.1) is 0 Å². The fourth-order valence-electron chi connectivity index (χ4n) is 6.78. The molecule has 7 atom stereocenters. The normalized spacial score (nSPS) is 31.3. The Labute approximate surface area is 202 Å². The van der Waals surface area contributed by atoms with Gasteiger partial charge in [-0.05, 0) is 92.4 Å². The van der Waals surface area contributed by atoms with Crippen LogP contribution in [0.3, 0.4) is 0 Å². The van der Waals surface area contributed by atoms with Crippen molar-refractivity contribution in [1.82, 2.24) is 5.32 Å². The molecule has 34 heavy (non-hydrogen) atoms. The van der Waals surface area contributed by atoms with Crippen molar-refractivity contribution in [3.05, 3.63) is 29.3 Å². The number of hydrogen-bond donors (Lipinski definition) is 2. The van der Waals surface area contributed by atoms with Crippen molar-refractivity contribution in [3.8, 4) is 5.75 Å². The molecule has 0 bridgehead atoms. The second kappa shape index (κ2) is 10.1. The second-order valence-corrected chi connectivity index (χ2v) is 10.5. The van der Waals surface area contributed by atoms with E-state index in [1.807, 2.05) is 26.0 Å². The van der Waals surface area contributed by atoms with Crippen LogP contribution in [0.4, 0.5) is 0 Å². The Morgan fingerprint density at radius 3 is 2.68 bits per heavy atom. The maximum atomic E-state index is 12.7. The minimum Gasteiger partial charge on any atom is -0.460 e. The molecule has 0 aromatic heterocycles. The van der Waals surface area contributed by atoms with E-state index in [1.165, 1.54) is 11.1 Å². The molecule has 7 heteroatoms. The Hall–Kier alpha value is -2.41. The summed E-state index contributed by atoms with van der Waals surface area (Å²) in [6.45, 7) is 6.04. The maximum Gasteiger partial charge on any atom is 0.328 e. The molecule has 5 unspecified atom stereocenters. The highest BCUT2D eigenvalue weighted by molar-refractivity contribution is 5.78. The molecular formula is C27H38N2O5. The zero-order valence-electron chi connectivity index (χ0n) is 20.5. The van der Waals surface area contributed by atoms with Crippen LogP contribution < -0.4 is 15.8 Å². The molecule has 1 aromatic rings. The molecule has 1 aromatic carbocycles. The Morgan fingerprint density at radius 1 is 1.18 bits per heavy atom. The van der Waals surface area contributed by atoms with E-state index in [2.05, 4.69) is 18.3 Å². The Morgan fingerprint density at radius 2 is 1.97 bits per heavy atom. The Bertz CT molecular complexity index is 934. The summed E-state index contributed by atoms with van der Waals surface area (Å²) in [6.07, 6.45) is 7.61. The molecule has 0 spiro atoms. The second-order valence-electron chi connectivity index (χ2n) is 10.5. The highest BCUT2D eigenvalue weighted by Gasteiger charge is 2.56. The van der Waals surface area contributed by atoms with Crippen LogP contribution in [-0.4, -0.2) is 36.5 Å². The molecule has 0 aliphatic heterocycles. The fourth-order valence-corrected chi connectivity index (χ4v) is 6.78. The van der Waals surface area contributed by atoms with Gasteiger partial charge in [-0.25, -0.2) is 9.59 Å². The summed E-state index contributed by atoms with van der Waals surface area (Å²) in [5, 5.41) is 2.58. The highest BCUT2D eigenvalue weighted by atomic mass is 16.5. The third-order valence-corrected chi connectivity index (χ3v) is 8.79. The molecule has 7 nitrogen and oxygen atoms in total. The summed E-state index contributed by atoms with van der Waals surface area (Å²) < 4.78 is 11.5. The third kappa shape index (κ3) is 4.47. The van der Waals surface area contributed by atoms with Gasteiger partial charge < -0.3 is 20.5 Å². The molecule has 0 saturated heterocycles. The number of nitrogens with one attached hydrogen (secondary N) is 1. The summed E-state index contributed by atoms with van der Waals surface area (Å²) >= 11 is 0. The standard InChI is InChI=1S/C27H38N2O5/c1-4-22(28)25(31)33-17-7-9-18-16(14-17)6-8-20-19(18)12-13-27(3)21(20)10-11-24(27)34-26(32)23(5-2)29-15-30/h7,9,14-15,19-24H,4-6,8,10-13,28H2,1-3H3,(H,29,30)/t19?,20?,21?,22?,23?,24-,27-/m0/s1. The first-order valence-electron chi connectivity index (χ1n) is 12.8. The number of rotatable bonds is 8. The van der Waals surface area contributed by atoms with Gasteiger partial charge in [0, 0.05) is 5.41 Å². The monoisotopic (exact) mass is 470 g/mol. The smallest absolute Gasteiger partial charge is 0.328 e. The van der Waals surface area contributed by atoms with E-state index in [1.54, 1.807) is 0 Å². The molecule has 3 N–H and O–H groups in total. The number of carbonyl (C=O) groups excluding carboxylic acids is 3. The summed E-state index contributed by atoms with van der Waals surface area (Å²) in [7, 11) is 0. The molecule has 2 fully saturated rings. The van der Waals surface area contributed by atoms with Crippen molar-refractivity contribution in [2.75, 3.05) is 0 Å². The van der Waals surface area contributed by atoms with Crippen molar-refractivity contribution >= 4 is 18.3 Å². The zero-order valence-corrected chi connectivity index (χ0v) is 20.5. The molecule has 3 aliphatic rings. The van der Waals surface area contributed by atoms with Crippen molar-refractivity contribution in [3.63, 3.8) is 0 Å². The topological polar surface area (TPSA) is 108 Å². The maximum absolute atomic E-state index is 12.7. The predicted molar refractivity (Wildman–Crippen MR) is 128 cm³/mol. The number of ether oxygens (including phenoxy) is 2. The van der Waals surface area contributed by atoms with Crippen LogP contribution in [0.1, 0.15) is 82.8 Å². The number of esters is 2. The van der Waals surface area contributed by atoms with E-state index in [0.29, 0.717) is 42.8 Å². The van der Waals surface area contributed by atoms with Crippen molar-refractivity contribution in [2.24, 2.45) is 23.0 Å². The third-order valence-electron chi connectivity index (χ3n) is 8.79. The van der Waals surface area contributed by atoms with E-state index >= 15 is 0 Å². The summed E-state index contributed by atoms with van der Waals surface area (Å²) in [5.41, 5.74) is 8.42. The molecule has 1 amide bonds. The summed E-state index contributed by atoms with van der Waals surface area (Å²) in [6, 6.07) is 4.89. The minimum atomic E-state index is -0.595. The van der Waals surface area contributed by atoms with E-state index in [9.17, 15) is 14.4 Å². The van der Waals surface area contributed by atoms with Crippen molar-refractivity contribution < 1.29 is 23.9 Å². The minimum absolute atomic E-state index is 0.0282. The first kappa shape index (κ1) is 24.7. The first-order valence-corrected chi connectivity index (χ1v) is 12.8. The van der Waals surface area contributed by atoms with Gasteiger partial charge in [0.05, 0.1) is 0 Å². The highest BCUT2D eigenvalue weighted by Crippen LogP contribution is 2.61. The van der Waals surface area contributed by atoms with Crippen LogP contribution >= 0.6 is 0 Å². The number of amides is 1. The van der Waals surface area contributed by atoms with Gasteiger partial charge in [0.2, 0.25) is 6.41 Å². The van der Waals surface area contributed by atoms with Crippen LogP contribution in [-0.2, 0) is 25.5 Å². The number of fused-ring (bicyclic) bond motifs is 5. The van der Waals surface area contributed by atoms with E-state index in [0.717, 1.165) is 38.5 Å². The first-order chi connectivity index (χ1) is 16.3. The molecule has 186 valence electrons. The van der Waals surface area contributed by atoms with Crippen molar-refractivity contribution in [1.29, 1.82) is 0 Å². The number of hydrogen-bond acceptors (Lipinski definition) is 6. The summed E-state index contributed by atoms with van der Waals surface area (Å²) in [4.78, 5) is 35.6. The lowest BCUT2D eigenvalue weighted by atomic mass is 9.55. The van der Waals surface area contributed by atoms with Gasteiger partial charge in [-0.3, -0.25) is 4.79 Å². The predicted octanol–water partition coefficient (Wildman–Crippen LogP) is 3.62. The molecule has 0 heterocycles. The molecule has 3 aliphatic carbocycles. The molecule has 4 rings (SSSR count). The van der Waals surface area contributed by atoms with Gasteiger partial charge in [-0.2, -0.15) is 0 Å². The van der Waals surface area contributed by atoms with E-state index < -0.39 is 12.1 Å². The van der Waals surface area contributed by atoms with Gasteiger partial charge in [0.25, 0.3) is 0 Å². The van der Waals surface area contributed by atoms with Crippen LogP contribution in [0.5, 0.6) is 5.75 Å². The van der Waals surface area contributed by atoms with Crippen LogP contribution in [0, 0.1) is 17.3 Å². The van der Waals surface area contributed by atoms with E-state index in [-0.39, 0.29) is 23.5 Å². The van der Waals surface area contributed by atoms with Gasteiger partial charge in [-0.1, -0.05) is 26.8 Å². The van der Waals surface area contributed by atoms with Crippen LogP contribution in [0.15, 0.2) is 18.2 Å². The molecule has 2 saturated carbocycles. The molecule has 0 radical (unpaired) electrons. The average molecular weight is 471 g/mol. The number of benzene rings is 1. The lowest BCUT2D eigenvalue weighted by Gasteiger charge is -2.50. The van der Waals surface area contributed by atoms with Gasteiger partial charge in [0.15, 0.2) is 0 Å². The number of nitrogens with two attached hydrogens (primary N) is 1. The van der Waals surface area contributed by atoms with Crippen molar-refractivity contribution in [2.45, 2.75) is 96.2 Å². The van der Waals surface area contributed by atoms with Crippen LogP contribution in [0.2, 0.25) is 0 Å². The largest absolute Gasteiger partial charge is 0.460 e. The lowest BCUT2D eigenvalue weighted by Crippen LogP contribution is -2.47. The number of carbonyl (C=O) groups is 3. The zero-order chi connectivity index (χ0) is 24.5. The Balaban J connectivity index is 1.47. The van der Waals surface area contributed by atoms with Gasteiger partial charge in [0.1, 0.15) is 23.9 Å². The summed E-state index contributed by atoms with van der Waals surface area (Å²) in [5.74, 6) is 1.43. The lowest BCUT2D eigenvalue weighted by molar-refractivity contribution is -0.160.